The molecule has 2 rings (SSSR count). The van der Waals surface area contributed by atoms with Crippen LogP contribution in [0.5, 0.6) is 5.75 Å². The van der Waals surface area contributed by atoms with Gasteiger partial charge in [0.25, 0.3) is 0 Å². The van der Waals surface area contributed by atoms with Crippen molar-refractivity contribution in [2.75, 3.05) is 25.5 Å². The van der Waals surface area contributed by atoms with Crippen molar-refractivity contribution >= 4 is 41.5 Å². The number of aryl methyl sites for hydroxylation is 1. The van der Waals surface area contributed by atoms with Gasteiger partial charge < -0.3 is 21.1 Å². The van der Waals surface area contributed by atoms with Gasteiger partial charge in [0.05, 0.1) is 7.11 Å². The van der Waals surface area contributed by atoms with Gasteiger partial charge in [0.15, 0.2) is 5.96 Å². The number of hydrogen-bond donors (Lipinski definition) is 3. The number of rotatable bonds is 8. The van der Waals surface area contributed by atoms with Gasteiger partial charge in [0.2, 0.25) is 5.91 Å². The third kappa shape index (κ3) is 8.29. The zero-order chi connectivity index (χ0) is 18.8. The lowest BCUT2D eigenvalue weighted by molar-refractivity contribution is -0.114. The maximum atomic E-state index is 12.0. The van der Waals surface area contributed by atoms with Crippen LogP contribution in [0.2, 0.25) is 0 Å². The number of ether oxygens (including phenoxy) is 1. The Morgan fingerprint density at radius 1 is 1.15 bits per heavy atom. The first-order chi connectivity index (χ1) is 12.6. The van der Waals surface area contributed by atoms with Crippen molar-refractivity contribution in [3.63, 3.8) is 0 Å². The molecule has 0 radical (unpaired) electrons. The highest BCUT2D eigenvalue weighted by molar-refractivity contribution is 14.0. The summed E-state index contributed by atoms with van der Waals surface area (Å²) in [5, 5.41) is 5.84. The fourth-order valence-electron chi connectivity index (χ4n) is 2.41. The zero-order valence-corrected chi connectivity index (χ0v) is 18.0. The number of methoxy groups -OCH3 is 1. The molecule has 0 bridgehead atoms. The highest BCUT2D eigenvalue weighted by Gasteiger charge is 2.02. The molecule has 0 spiro atoms. The molecule has 0 heterocycles. The lowest BCUT2D eigenvalue weighted by Crippen LogP contribution is -2.34. The lowest BCUT2D eigenvalue weighted by atomic mass is 10.1. The molecule has 2 aromatic rings. The Morgan fingerprint density at radius 2 is 1.89 bits per heavy atom. The van der Waals surface area contributed by atoms with Crippen molar-refractivity contribution in [3.8, 4) is 5.75 Å². The predicted octanol–water partition coefficient (Wildman–Crippen LogP) is 2.96. The second kappa shape index (κ2) is 12.2. The second-order valence-electron chi connectivity index (χ2n) is 5.83. The van der Waals surface area contributed by atoms with Crippen LogP contribution in [0.25, 0.3) is 0 Å². The Kier molecular flexibility index (Phi) is 10.2. The summed E-state index contributed by atoms with van der Waals surface area (Å²) < 4.78 is 5.13. The van der Waals surface area contributed by atoms with E-state index >= 15 is 0 Å². The van der Waals surface area contributed by atoms with Gasteiger partial charge in [-0.25, -0.2) is 4.99 Å². The Morgan fingerprint density at radius 3 is 2.56 bits per heavy atom. The molecule has 0 fully saturated rings. The minimum Gasteiger partial charge on any atom is -0.497 e. The van der Waals surface area contributed by atoms with Gasteiger partial charge in [-0.15, -0.1) is 24.0 Å². The molecule has 0 atom stereocenters. The first-order valence-corrected chi connectivity index (χ1v) is 8.66. The number of anilines is 1. The minimum absolute atomic E-state index is 0. The van der Waals surface area contributed by atoms with E-state index in [4.69, 9.17) is 10.5 Å². The highest BCUT2D eigenvalue weighted by atomic mass is 127. The van der Waals surface area contributed by atoms with Gasteiger partial charge in [-0.2, -0.15) is 0 Å². The Balaban J connectivity index is 0.00000364. The maximum Gasteiger partial charge on any atom is 0.246 e. The van der Waals surface area contributed by atoms with E-state index in [1.165, 1.54) is 11.1 Å². The smallest absolute Gasteiger partial charge is 0.246 e. The molecule has 2 aromatic carbocycles. The van der Waals surface area contributed by atoms with E-state index in [9.17, 15) is 4.79 Å². The number of guanidine groups is 1. The third-order valence-corrected chi connectivity index (χ3v) is 3.89. The first kappa shape index (κ1) is 22.8. The molecule has 146 valence electrons. The molecule has 1 amide bonds. The average Bonchev–Trinajstić information content (AvgIpc) is 2.67. The quantitative estimate of drug-likeness (QED) is 0.307. The summed E-state index contributed by atoms with van der Waals surface area (Å²) in [5.41, 5.74) is 8.92. The highest BCUT2D eigenvalue weighted by Crippen LogP contribution is 2.12. The van der Waals surface area contributed by atoms with Crippen LogP contribution < -0.4 is 21.1 Å². The van der Waals surface area contributed by atoms with Crippen molar-refractivity contribution in [1.29, 1.82) is 0 Å². The number of carbonyl (C=O) groups is 1. The Bertz CT molecular complexity index is 748. The van der Waals surface area contributed by atoms with E-state index in [-0.39, 0.29) is 42.4 Å². The average molecular weight is 482 g/mol. The van der Waals surface area contributed by atoms with Gasteiger partial charge in [-0.1, -0.05) is 31.2 Å². The fourth-order valence-corrected chi connectivity index (χ4v) is 2.41. The summed E-state index contributed by atoms with van der Waals surface area (Å²) in [6.45, 7) is 2.70. The molecule has 0 saturated heterocycles. The number of nitrogens with two attached hydrogens (primary N) is 1. The van der Waals surface area contributed by atoms with Gasteiger partial charge >= 0.3 is 0 Å². The van der Waals surface area contributed by atoms with Crippen molar-refractivity contribution < 1.29 is 9.53 Å². The maximum absolute atomic E-state index is 12.0. The van der Waals surface area contributed by atoms with E-state index in [1.807, 2.05) is 48.5 Å². The topological polar surface area (TPSA) is 88.7 Å². The largest absolute Gasteiger partial charge is 0.497 e. The van der Waals surface area contributed by atoms with E-state index < -0.39 is 0 Å². The normalized spacial score (nSPS) is 10.7. The molecule has 0 saturated carbocycles. The third-order valence-electron chi connectivity index (χ3n) is 3.89. The van der Waals surface area contributed by atoms with Crippen LogP contribution in [0, 0.1) is 0 Å². The van der Waals surface area contributed by atoms with Crippen molar-refractivity contribution in [2.24, 2.45) is 10.7 Å². The number of nitrogens with one attached hydrogen (secondary N) is 2. The van der Waals surface area contributed by atoms with Crippen molar-refractivity contribution in [2.45, 2.75) is 19.8 Å². The number of amides is 1. The molecule has 0 aromatic heterocycles. The second-order valence-corrected chi connectivity index (χ2v) is 5.83. The molecule has 6 nitrogen and oxygen atoms in total. The molecule has 0 aliphatic heterocycles. The number of halogens is 1. The van der Waals surface area contributed by atoms with Crippen LogP contribution in [-0.2, 0) is 17.6 Å². The summed E-state index contributed by atoms with van der Waals surface area (Å²) in [6.07, 6.45) is 1.73. The summed E-state index contributed by atoms with van der Waals surface area (Å²) in [7, 11) is 1.64. The molecule has 4 N–H and O–H groups in total. The monoisotopic (exact) mass is 482 g/mol. The van der Waals surface area contributed by atoms with Crippen LogP contribution in [0.4, 0.5) is 5.69 Å². The number of benzene rings is 2. The van der Waals surface area contributed by atoms with Crippen LogP contribution in [0.3, 0.4) is 0 Å². The summed E-state index contributed by atoms with van der Waals surface area (Å²) >= 11 is 0. The Hall–Kier alpha value is -2.29. The standard InChI is InChI=1S/C20H26N4O2.HI/c1-3-15-5-4-6-17(13-15)24-19(25)14-23-20(21)22-12-11-16-7-9-18(26-2)10-8-16;/h4-10,13H,3,11-12,14H2,1-2H3,(H,24,25)(H3,21,22,23);1H. The van der Waals surface area contributed by atoms with E-state index in [0.717, 1.165) is 24.3 Å². The van der Waals surface area contributed by atoms with Crippen LogP contribution in [-0.4, -0.2) is 32.1 Å². The Labute approximate surface area is 177 Å². The SMILES string of the molecule is CCc1cccc(NC(=O)CN=C(N)NCCc2ccc(OC)cc2)c1.I. The van der Waals surface area contributed by atoms with E-state index in [1.54, 1.807) is 7.11 Å². The summed E-state index contributed by atoms with van der Waals surface area (Å²) in [6, 6.07) is 15.6. The van der Waals surface area contributed by atoms with Crippen LogP contribution >= 0.6 is 24.0 Å². The molecule has 0 aliphatic carbocycles. The zero-order valence-electron chi connectivity index (χ0n) is 15.7. The predicted molar refractivity (Wildman–Crippen MR) is 121 cm³/mol. The van der Waals surface area contributed by atoms with Gasteiger partial charge in [-0.05, 0) is 48.2 Å². The molecular formula is C20H27IN4O2. The summed E-state index contributed by atoms with van der Waals surface area (Å²) in [4.78, 5) is 16.0. The lowest BCUT2D eigenvalue weighted by Gasteiger charge is -2.07. The summed E-state index contributed by atoms with van der Waals surface area (Å²) in [5.74, 6) is 0.896. The molecule has 27 heavy (non-hydrogen) atoms. The van der Waals surface area contributed by atoms with Crippen molar-refractivity contribution in [3.05, 3.63) is 59.7 Å². The number of nitrogens with zero attached hydrogens (tertiary/aromatic N) is 1. The van der Waals surface area contributed by atoms with E-state index in [2.05, 4.69) is 22.5 Å². The number of hydrogen-bond acceptors (Lipinski definition) is 3. The van der Waals surface area contributed by atoms with E-state index in [0.29, 0.717) is 6.54 Å². The number of aliphatic imine (C=N–C) groups is 1. The molecule has 7 heteroatoms. The molecule has 0 aliphatic rings. The number of carbonyl (C=O) groups excluding carboxylic acids is 1. The van der Waals surface area contributed by atoms with Crippen molar-refractivity contribution in [1.82, 2.24) is 5.32 Å². The van der Waals surface area contributed by atoms with Gasteiger partial charge in [-0.3, -0.25) is 4.79 Å². The fraction of sp³-hybridized carbons (Fsp3) is 0.300. The molecule has 0 unspecified atom stereocenters. The molecular weight excluding hydrogens is 455 g/mol. The van der Waals surface area contributed by atoms with Gasteiger partial charge in [0.1, 0.15) is 12.3 Å². The van der Waals surface area contributed by atoms with Crippen LogP contribution in [0.1, 0.15) is 18.1 Å². The first-order valence-electron chi connectivity index (χ1n) is 8.66. The van der Waals surface area contributed by atoms with Crippen LogP contribution in [0.15, 0.2) is 53.5 Å². The van der Waals surface area contributed by atoms with Gasteiger partial charge in [0, 0.05) is 12.2 Å². The minimum atomic E-state index is -0.196.